The predicted molar refractivity (Wildman–Crippen MR) is 131 cm³/mol. The van der Waals surface area contributed by atoms with Crippen LogP contribution in [0.15, 0.2) is 30.3 Å². The molecule has 1 aliphatic heterocycles. The van der Waals surface area contributed by atoms with E-state index in [9.17, 15) is 19.2 Å². The van der Waals surface area contributed by atoms with E-state index in [1.54, 1.807) is 27.7 Å². The molecule has 10 heteroatoms. The summed E-state index contributed by atoms with van der Waals surface area (Å²) in [4.78, 5) is 54.5. The molecule has 1 aromatic heterocycles. The summed E-state index contributed by atoms with van der Waals surface area (Å²) >= 11 is 0.958. The fourth-order valence-electron chi connectivity index (χ4n) is 4.31. The third kappa shape index (κ3) is 5.76. The summed E-state index contributed by atoms with van der Waals surface area (Å²) < 4.78 is 21.1. The molecule has 1 atom stereocenters. The van der Waals surface area contributed by atoms with E-state index < -0.39 is 35.8 Å². The molecule has 0 bridgehead atoms. The van der Waals surface area contributed by atoms with Gasteiger partial charge in [0.1, 0.15) is 9.75 Å². The van der Waals surface area contributed by atoms with Crippen LogP contribution in [0.3, 0.4) is 0 Å². The predicted octanol–water partition coefficient (Wildman–Crippen LogP) is 3.90. The topological polar surface area (TPSA) is 108 Å². The fraction of sp³-hybridized carbons (Fsp3) is 0.462. The van der Waals surface area contributed by atoms with E-state index in [1.807, 2.05) is 35.2 Å². The summed E-state index contributed by atoms with van der Waals surface area (Å²) in [6.07, 6.45) is 0. The minimum atomic E-state index is -1.37. The van der Waals surface area contributed by atoms with E-state index in [0.29, 0.717) is 17.7 Å². The molecule has 2 aromatic rings. The lowest BCUT2D eigenvalue weighted by Gasteiger charge is -2.30. The zero-order chi connectivity index (χ0) is 26.2. The highest BCUT2D eigenvalue weighted by Crippen LogP contribution is 2.48. The van der Waals surface area contributed by atoms with Crippen molar-refractivity contribution in [2.24, 2.45) is 5.92 Å². The standard InChI is InChI=1S/C26H31NO8S/c1-5-32-23(28)19(24(29)33-6-2)20-18-17(15-27(20)14-16-12-10-9-11-13-16)21(25(30)34-7-3)36-22(18)26(31)35-8-4/h9-13,19-20H,5-8,14-15H2,1-4H3. The van der Waals surface area contributed by atoms with Gasteiger partial charge in [0.25, 0.3) is 0 Å². The van der Waals surface area contributed by atoms with Crippen molar-refractivity contribution in [3.63, 3.8) is 0 Å². The average Bonchev–Trinajstić information content (AvgIpc) is 3.38. The SMILES string of the molecule is CCOC(=O)c1sc(C(=O)OCC)c2c1CN(Cc1ccccc1)C2C(C(=O)OCC)C(=O)OCC. The Morgan fingerprint density at radius 3 is 1.89 bits per heavy atom. The highest BCUT2D eigenvalue weighted by Gasteiger charge is 2.50. The Hall–Kier alpha value is -3.24. The lowest BCUT2D eigenvalue weighted by molar-refractivity contribution is -0.165. The molecule has 194 valence electrons. The van der Waals surface area contributed by atoms with E-state index in [4.69, 9.17) is 18.9 Å². The van der Waals surface area contributed by atoms with Gasteiger partial charge in [0.15, 0.2) is 5.92 Å². The van der Waals surface area contributed by atoms with Gasteiger partial charge >= 0.3 is 23.9 Å². The molecule has 9 nitrogen and oxygen atoms in total. The van der Waals surface area contributed by atoms with Crippen molar-refractivity contribution in [2.75, 3.05) is 26.4 Å². The second kappa shape index (κ2) is 12.6. The Bertz CT molecular complexity index is 1080. The van der Waals surface area contributed by atoms with Crippen LogP contribution < -0.4 is 0 Å². The number of ether oxygens (including phenoxy) is 4. The normalized spacial score (nSPS) is 14.9. The number of carbonyl (C=O) groups excluding carboxylic acids is 4. The molecular formula is C26H31NO8S. The van der Waals surface area contributed by atoms with Gasteiger partial charge in [0.05, 0.1) is 32.5 Å². The quantitative estimate of drug-likeness (QED) is 0.249. The zero-order valence-corrected chi connectivity index (χ0v) is 21.7. The maximum absolute atomic E-state index is 13.2. The van der Waals surface area contributed by atoms with Gasteiger partial charge in [-0.15, -0.1) is 11.3 Å². The van der Waals surface area contributed by atoms with Crippen molar-refractivity contribution in [2.45, 2.75) is 46.8 Å². The molecule has 1 unspecified atom stereocenters. The number of nitrogens with zero attached hydrogens (tertiary/aromatic N) is 1. The number of fused-ring (bicyclic) bond motifs is 1. The largest absolute Gasteiger partial charge is 0.465 e. The number of thiophene rings is 1. The third-order valence-corrected chi connectivity index (χ3v) is 6.85. The summed E-state index contributed by atoms with van der Waals surface area (Å²) in [6.45, 7) is 7.65. The number of benzene rings is 1. The van der Waals surface area contributed by atoms with Gasteiger partial charge in [-0.2, -0.15) is 0 Å². The van der Waals surface area contributed by atoms with Gasteiger partial charge in [-0.1, -0.05) is 30.3 Å². The summed E-state index contributed by atoms with van der Waals surface area (Å²) in [5.41, 5.74) is 1.88. The Morgan fingerprint density at radius 2 is 1.36 bits per heavy atom. The lowest BCUT2D eigenvalue weighted by Crippen LogP contribution is -2.39. The van der Waals surface area contributed by atoms with Crippen LogP contribution in [0.1, 0.15) is 69.8 Å². The Morgan fingerprint density at radius 1 is 0.833 bits per heavy atom. The second-order valence-electron chi connectivity index (χ2n) is 7.91. The van der Waals surface area contributed by atoms with Gasteiger partial charge < -0.3 is 18.9 Å². The summed E-state index contributed by atoms with van der Waals surface area (Å²) in [7, 11) is 0. The van der Waals surface area contributed by atoms with Crippen LogP contribution in [-0.2, 0) is 41.6 Å². The van der Waals surface area contributed by atoms with Crippen LogP contribution in [0.4, 0.5) is 0 Å². The molecule has 2 heterocycles. The fourth-order valence-corrected chi connectivity index (χ4v) is 5.45. The summed E-state index contributed by atoms with van der Waals surface area (Å²) in [6, 6.07) is 8.60. The third-order valence-electron chi connectivity index (χ3n) is 5.65. The highest BCUT2D eigenvalue weighted by molar-refractivity contribution is 7.16. The molecule has 36 heavy (non-hydrogen) atoms. The Kier molecular flexibility index (Phi) is 9.60. The van der Waals surface area contributed by atoms with Crippen LogP contribution in [0.25, 0.3) is 0 Å². The van der Waals surface area contributed by atoms with Crippen LogP contribution in [0, 0.1) is 5.92 Å². The second-order valence-corrected chi connectivity index (χ2v) is 8.93. The maximum Gasteiger partial charge on any atom is 0.348 e. The molecule has 0 N–H and O–H groups in total. The van der Waals surface area contributed by atoms with Gasteiger partial charge in [-0.25, -0.2) is 9.59 Å². The monoisotopic (exact) mass is 517 g/mol. The van der Waals surface area contributed by atoms with Crippen molar-refractivity contribution >= 4 is 35.2 Å². The lowest BCUT2D eigenvalue weighted by atomic mass is 9.92. The van der Waals surface area contributed by atoms with E-state index in [1.165, 1.54) is 0 Å². The van der Waals surface area contributed by atoms with E-state index >= 15 is 0 Å². The Balaban J connectivity index is 2.21. The van der Waals surface area contributed by atoms with E-state index in [2.05, 4.69) is 0 Å². The molecule has 0 spiro atoms. The smallest absolute Gasteiger partial charge is 0.348 e. The molecule has 0 aliphatic carbocycles. The number of rotatable bonds is 11. The number of esters is 4. The molecule has 0 saturated carbocycles. The minimum absolute atomic E-state index is 0.0649. The van der Waals surface area contributed by atoms with Crippen molar-refractivity contribution in [1.82, 2.24) is 4.90 Å². The molecule has 0 saturated heterocycles. The van der Waals surface area contributed by atoms with Crippen LogP contribution in [-0.4, -0.2) is 55.2 Å². The molecule has 0 radical (unpaired) electrons. The van der Waals surface area contributed by atoms with Gasteiger partial charge in [-0.05, 0) is 38.8 Å². The number of hydrogen-bond donors (Lipinski definition) is 0. The van der Waals surface area contributed by atoms with Gasteiger partial charge in [0.2, 0.25) is 0 Å². The average molecular weight is 518 g/mol. The first kappa shape index (κ1) is 27.3. The van der Waals surface area contributed by atoms with Crippen molar-refractivity contribution < 1.29 is 38.1 Å². The molecule has 1 aliphatic rings. The van der Waals surface area contributed by atoms with Crippen molar-refractivity contribution in [3.05, 3.63) is 56.8 Å². The molecule has 1 aromatic carbocycles. The van der Waals surface area contributed by atoms with Gasteiger partial charge in [-0.3, -0.25) is 14.5 Å². The molecular weight excluding hydrogens is 486 g/mol. The number of hydrogen-bond acceptors (Lipinski definition) is 10. The molecule has 0 amide bonds. The molecule has 3 rings (SSSR count). The van der Waals surface area contributed by atoms with Crippen LogP contribution in [0.2, 0.25) is 0 Å². The first-order chi connectivity index (χ1) is 17.4. The van der Waals surface area contributed by atoms with Crippen LogP contribution >= 0.6 is 11.3 Å². The zero-order valence-electron chi connectivity index (χ0n) is 20.9. The van der Waals surface area contributed by atoms with Crippen molar-refractivity contribution in [1.29, 1.82) is 0 Å². The maximum atomic E-state index is 13.2. The van der Waals surface area contributed by atoms with Crippen LogP contribution in [0.5, 0.6) is 0 Å². The Labute approximate surface area is 214 Å². The van der Waals surface area contributed by atoms with Gasteiger partial charge in [0, 0.05) is 18.7 Å². The minimum Gasteiger partial charge on any atom is -0.465 e. The molecule has 0 fully saturated rings. The first-order valence-electron chi connectivity index (χ1n) is 12.0. The van der Waals surface area contributed by atoms with E-state index in [0.717, 1.165) is 16.9 Å². The van der Waals surface area contributed by atoms with E-state index in [-0.39, 0.29) is 42.7 Å². The summed E-state index contributed by atoms with van der Waals surface area (Å²) in [5.74, 6) is -4.09. The number of carbonyl (C=O) groups is 4. The highest BCUT2D eigenvalue weighted by atomic mass is 32.1. The first-order valence-corrected chi connectivity index (χ1v) is 12.8. The summed E-state index contributed by atoms with van der Waals surface area (Å²) in [5, 5.41) is 0. The van der Waals surface area contributed by atoms with Crippen molar-refractivity contribution in [3.8, 4) is 0 Å².